The summed E-state index contributed by atoms with van der Waals surface area (Å²) in [6, 6.07) is 1.58. The Balaban J connectivity index is 1.58. The van der Waals surface area contributed by atoms with Crippen LogP contribution in [0.2, 0.25) is 0 Å². The van der Waals surface area contributed by atoms with E-state index in [1.165, 1.54) is 38.8 Å². The highest BCUT2D eigenvalue weighted by molar-refractivity contribution is 4.94. The summed E-state index contributed by atoms with van der Waals surface area (Å²) in [7, 11) is 0. The third-order valence-corrected chi connectivity index (χ3v) is 4.98. The molecule has 3 rings (SSSR count). The molecule has 18 heavy (non-hydrogen) atoms. The zero-order valence-corrected chi connectivity index (χ0v) is 12.0. The maximum Gasteiger partial charge on any atom is 0.0547 e. The van der Waals surface area contributed by atoms with Crippen molar-refractivity contribution in [1.82, 2.24) is 10.2 Å². The van der Waals surface area contributed by atoms with Gasteiger partial charge in [-0.3, -0.25) is 4.90 Å². The molecule has 0 amide bonds. The summed E-state index contributed by atoms with van der Waals surface area (Å²) in [5.74, 6) is 0.871. The lowest BCUT2D eigenvalue weighted by Crippen LogP contribution is -2.46. The monoisotopic (exact) mass is 252 g/mol. The minimum absolute atomic E-state index is 0.390. The molecule has 2 saturated heterocycles. The molecular weight excluding hydrogens is 224 g/mol. The van der Waals surface area contributed by atoms with Crippen LogP contribution in [0.25, 0.3) is 0 Å². The molecule has 3 fully saturated rings. The molecule has 0 radical (unpaired) electrons. The van der Waals surface area contributed by atoms with E-state index in [1.54, 1.807) is 0 Å². The smallest absolute Gasteiger partial charge is 0.0547 e. The Hall–Kier alpha value is -0.120. The van der Waals surface area contributed by atoms with Gasteiger partial charge < -0.3 is 10.1 Å². The molecule has 104 valence electrons. The predicted molar refractivity (Wildman–Crippen MR) is 73.7 cm³/mol. The largest absolute Gasteiger partial charge is 0.381 e. The quantitative estimate of drug-likeness (QED) is 0.808. The first-order valence-corrected chi connectivity index (χ1v) is 7.72. The zero-order valence-electron chi connectivity index (χ0n) is 12.0. The van der Waals surface area contributed by atoms with Gasteiger partial charge in [-0.15, -0.1) is 0 Å². The summed E-state index contributed by atoms with van der Waals surface area (Å²) < 4.78 is 5.72. The van der Waals surface area contributed by atoms with Crippen LogP contribution in [-0.4, -0.2) is 49.8 Å². The number of nitrogens with zero attached hydrogens (tertiary/aromatic N) is 1. The maximum atomic E-state index is 5.72. The maximum absolute atomic E-state index is 5.72. The SMILES string of the molecule is CC1CC(C)N(CC2(CNC3CC3)CCOC2)C1. The highest BCUT2D eigenvalue weighted by Gasteiger charge is 2.40. The lowest BCUT2D eigenvalue weighted by Gasteiger charge is -2.34. The molecule has 3 atom stereocenters. The van der Waals surface area contributed by atoms with Crippen LogP contribution < -0.4 is 5.32 Å². The van der Waals surface area contributed by atoms with Crippen molar-refractivity contribution in [3.8, 4) is 0 Å². The fourth-order valence-electron chi connectivity index (χ4n) is 3.66. The third-order valence-electron chi connectivity index (χ3n) is 4.98. The molecule has 1 saturated carbocycles. The summed E-state index contributed by atoms with van der Waals surface area (Å²) in [5, 5.41) is 3.73. The van der Waals surface area contributed by atoms with Gasteiger partial charge in [-0.1, -0.05) is 6.92 Å². The normalized spacial score (nSPS) is 41.7. The van der Waals surface area contributed by atoms with E-state index >= 15 is 0 Å². The van der Waals surface area contributed by atoms with E-state index in [4.69, 9.17) is 4.74 Å². The minimum Gasteiger partial charge on any atom is -0.381 e. The first kappa shape index (κ1) is 12.9. The third kappa shape index (κ3) is 2.89. The van der Waals surface area contributed by atoms with Crippen LogP contribution in [0.5, 0.6) is 0 Å². The van der Waals surface area contributed by atoms with Gasteiger partial charge in [0, 0.05) is 43.7 Å². The standard InChI is InChI=1S/C15H28N2O/c1-12-7-13(2)17(8-12)10-15(5-6-18-11-15)9-16-14-3-4-14/h12-14,16H,3-11H2,1-2H3. The van der Waals surface area contributed by atoms with Gasteiger partial charge in [0.05, 0.1) is 6.61 Å². The lowest BCUT2D eigenvalue weighted by atomic mass is 9.86. The number of ether oxygens (including phenoxy) is 1. The van der Waals surface area contributed by atoms with Gasteiger partial charge >= 0.3 is 0 Å². The fraction of sp³-hybridized carbons (Fsp3) is 1.00. The summed E-state index contributed by atoms with van der Waals surface area (Å²) in [6.45, 7) is 10.4. The summed E-state index contributed by atoms with van der Waals surface area (Å²) in [6.07, 6.45) is 5.37. The highest BCUT2D eigenvalue weighted by Crippen LogP contribution is 2.34. The average Bonchev–Trinajstić information content (AvgIpc) is 2.97. The Morgan fingerprint density at radius 2 is 2.17 bits per heavy atom. The minimum atomic E-state index is 0.390. The number of nitrogens with one attached hydrogen (secondary N) is 1. The van der Waals surface area contributed by atoms with E-state index < -0.39 is 0 Å². The molecule has 0 aromatic heterocycles. The van der Waals surface area contributed by atoms with Crippen molar-refractivity contribution < 1.29 is 4.74 Å². The van der Waals surface area contributed by atoms with E-state index in [2.05, 4.69) is 24.1 Å². The van der Waals surface area contributed by atoms with E-state index in [9.17, 15) is 0 Å². The van der Waals surface area contributed by atoms with E-state index in [1.807, 2.05) is 0 Å². The first-order chi connectivity index (χ1) is 8.67. The van der Waals surface area contributed by atoms with Crippen molar-refractivity contribution in [3.63, 3.8) is 0 Å². The Bertz CT molecular complexity index is 284. The van der Waals surface area contributed by atoms with Crippen molar-refractivity contribution >= 4 is 0 Å². The lowest BCUT2D eigenvalue weighted by molar-refractivity contribution is 0.104. The molecule has 3 aliphatic rings. The van der Waals surface area contributed by atoms with Crippen LogP contribution in [0, 0.1) is 11.3 Å². The summed E-state index contributed by atoms with van der Waals surface area (Å²) >= 11 is 0. The summed E-state index contributed by atoms with van der Waals surface area (Å²) in [4.78, 5) is 2.70. The Morgan fingerprint density at radius 1 is 1.33 bits per heavy atom. The Kier molecular flexibility index (Phi) is 3.65. The van der Waals surface area contributed by atoms with E-state index in [0.29, 0.717) is 5.41 Å². The van der Waals surface area contributed by atoms with Crippen molar-refractivity contribution in [3.05, 3.63) is 0 Å². The topological polar surface area (TPSA) is 24.5 Å². The van der Waals surface area contributed by atoms with Gasteiger partial charge in [0.15, 0.2) is 0 Å². The molecule has 1 N–H and O–H groups in total. The van der Waals surface area contributed by atoms with Crippen LogP contribution in [0.3, 0.4) is 0 Å². The van der Waals surface area contributed by atoms with Crippen LogP contribution in [0.1, 0.15) is 39.5 Å². The molecule has 3 unspecified atom stereocenters. The van der Waals surface area contributed by atoms with Gasteiger partial charge in [-0.05, 0) is 38.5 Å². The van der Waals surface area contributed by atoms with Crippen molar-refractivity contribution in [2.45, 2.75) is 51.6 Å². The van der Waals surface area contributed by atoms with E-state index in [0.717, 1.165) is 37.8 Å². The van der Waals surface area contributed by atoms with Crippen LogP contribution in [0.4, 0.5) is 0 Å². The average molecular weight is 252 g/mol. The fourth-order valence-corrected chi connectivity index (χ4v) is 3.66. The molecule has 2 aliphatic heterocycles. The van der Waals surface area contributed by atoms with Crippen molar-refractivity contribution in [2.75, 3.05) is 32.8 Å². The van der Waals surface area contributed by atoms with Crippen LogP contribution >= 0.6 is 0 Å². The number of rotatable bonds is 5. The Labute approximate surface area is 111 Å². The Morgan fingerprint density at radius 3 is 2.72 bits per heavy atom. The van der Waals surface area contributed by atoms with Gasteiger partial charge in [0.2, 0.25) is 0 Å². The second kappa shape index (κ2) is 5.10. The first-order valence-electron chi connectivity index (χ1n) is 7.72. The molecule has 0 aromatic rings. The van der Waals surface area contributed by atoms with Gasteiger partial charge in [0.1, 0.15) is 0 Å². The van der Waals surface area contributed by atoms with Crippen molar-refractivity contribution in [1.29, 1.82) is 0 Å². The molecule has 0 bridgehead atoms. The van der Waals surface area contributed by atoms with Crippen LogP contribution in [-0.2, 0) is 4.74 Å². The van der Waals surface area contributed by atoms with Gasteiger partial charge in [0.25, 0.3) is 0 Å². The van der Waals surface area contributed by atoms with Gasteiger partial charge in [-0.2, -0.15) is 0 Å². The van der Waals surface area contributed by atoms with E-state index in [-0.39, 0.29) is 0 Å². The highest BCUT2D eigenvalue weighted by atomic mass is 16.5. The molecule has 0 spiro atoms. The van der Waals surface area contributed by atoms with Gasteiger partial charge in [-0.25, -0.2) is 0 Å². The number of hydrogen-bond donors (Lipinski definition) is 1. The second-order valence-corrected chi connectivity index (χ2v) is 7.08. The number of likely N-dealkylation sites (tertiary alicyclic amines) is 1. The predicted octanol–water partition coefficient (Wildman–Crippen LogP) is 1.88. The van der Waals surface area contributed by atoms with Crippen molar-refractivity contribution in [2.24, 2.45) is 11.3 Å². The van der Waals surface area contributed by atoms with Crippen LogP contribution in [0.15, 0.2) is 0 Å². The molecule has 2 heterocycles. The molecule has 0 aromatic carbocycles. The number of hydrogen-bond acceptors (Lipinski definition) is 3. The molecule has 1 aliphatic carbocycles. The second-order valence-electron chi connectivity index (χ2n) is 7.08. The molecule has 3 heteroatoms. The summed E-state index contributed by atoms with van der Waals surface area (Å²) in [5.41, 5.74) is 0.390. The zero-order chi connectivity index (χ0) is 12.6. The molecule has 3 nitrogen and oxygen atoms in total. The molecular formula is C15H28N2O.